The van der Waals surface area contributed by atoms with Gasteiger partial charge in [0.15, 0.2) is 15.8 Å². The lowest BCUT2D eigenvalue weighted by atomic mass is 10.1. The van der Waals surface area contributed by atoms with Gasteiger partial charge >= 0.3 is 0 Å². The molecule has 0 heterocycles. The molecular formula is C21H30IN3O3S. The maximum absolute atomic E-state index is 11.7. The van der Waals surface area contributed by atoms with Crippen LogP contribution in [0.3, 0.4) is 0 Å². The number of benzene rings is 2. The van der Waals surface area contributed by atoms with Crippen molar-refractivity contribution in [3.63, 3.8) is 0 Å². The number of hydrogen-bond acceptors (Lipinski definition) is 4. The Balaban J connectivity index is 0.00000420. The number of aryl methyl sites for hydroxylation is 1. The third-order valence-corrected chi connectivity index (χ3v) is 5.54. The first-order chi connectivity index (χ1) is 13.3. The first-order valence-corrected chi connectivity index (χ1v) is 11.2. The van der Waals surface area contributed by atoms with Crippen molar-refractivity contribution in [1.29, 1.82) is 0 Å². The molecule has 0 bridgehead atoms. The normalized spacial score (nSPS) is 11.5. The lowest BCUT2D eigenvalue weighted by Crippen LogP contribution is -2.37. The van der Waals surface area contributed by atoms with Gasteiger partial charge in [-0.25, -0.2) is 8.42 Å². The highest BCUT2D eigenvalue weighted by Crippen LogP contribution is 2.18. The molecule has 2 N–H and O–H groups in total. The van der Waals surface area contributed by atoms with Crippen LogP contribution in [0.4, 0.5) is 0 Å². The van der Waals surface area contributed by atoms with E-state index in [2.05, 4.69) is 21.7 Å². The third kappa shape index (κ3) is 7.85. The largest absolute Gasteiger partial charge is 0.494 e. The summed E-state index contributed by atoms with van der Waals surface area (Å²) in [6.07, 6.45) is 2.04. The molecule has 8 heteroatoms. The second-order valence-corrected chi connectivity index (χ2v) is 8.50. The highest BCUT2D eigenvalue weighted by Gasteiger charge is 2.11. The van der Waals surface area contributed by atoms with E-state index < -0.39 is 9.84 Å². The second kappa shape index (κ2) is 12.0. The highest BCUT2D eigenvalue weighted by atomic mass is 127. The fraction of sp³-hybridized carbons (Fsp3) is 0.381. The molecule has 29 heavy (non-hydrogen) atoms. The van der Waals surface area contributed by atoms with E-state index in [1.54, 1.807) is 13.1 Å². The fourth-order valence-corrected chi connectivity index (χ4v) is 3.93. The van der Waals surface area contributed by atoms with Crippen LogP contribution in [-0.2, 0) is 22.8 Å². The van der Waals surface area contributed by atoms with Gasteiger partial charge in [-0.05, 0) is 49.1 Å². The Bertz CT molecular complexity index is 931. The Morgan fingerprint density at radius 2 is 1.86 bits per heavy atom. The molecule has 0 aliphatic carbocycles. The van der Waals surface area contributed by atoms with Gasteiger partial charge in [-0.3, -0.25) is 4.99 Å². The van der Waals surface area contributed by atoms with Crippen molar-refractivity contribution in [1.82, 2.24) is 10.6 Å². The molecule has 0 fully saturated rings. The summed E-state index contributed by atoms with van der Waals surface area (Å²) in [6, 6.07) is 13.4. The van der Waals surface area contributed by atoms with Gasteiger partial charge in [0, 0.05) is 26.4 Å². The Morgan fingerprint density at radius 3 is 2.48 bits per heavy atom. The number of guanidine groups is 1. The summed E-state index contributed by atoms with van der Waals surface area (Å²) in [7, 11) is -1.48. The van der Waals surface area contributed by atoms with Gasteiger partial charge in [-0.15, -0.1) is 24.0 Å². The molecular weight excluding hydrogens is 501 g/mol. The predicted octanol–water partition coefficient (Wildman–Crippen LogP) is 3.32. The van der Waals surface area contributed by atoms with Crippen LogP contribution in [0.5, 0.6) is 5.75 Å². The Kier molecular flexibility index (Phi) is 10.5. The van der Waals surface area contributed by atoms with E-state index in [4.69, 9.17) is 4.74 Å². The maximum Gasteiger partial charge on any atom is 0.191 e. The molecule has 0 radical (unpaired) electrons. The van der Waals surface area contributed by atoms with Crippen LogP contribution in [-0.4, -0.2) is 40.8 Å². The van der Waals surface area contributed by atoms with Crippen LogP contribution in [0, 0.1) is 6.92 Å². The Morgan fingerprint density at radius 1 is 1.14 bits per heavy atom. The van der Waals surface area contributed by atoms with E-state index in [1.807, 2.05) is 44.2 Å². The smallest absolute Gasteiger partial charge is 0.191 e. The Labute approximate surface area is 191 Å². The number of sulfone groups is 1. The minimum atomic E-state index is -3.20. The number of halogens is 1. The van der Waals surface area contributed by atoms with E-state index in [1.165, 1.54) is 6.26 Å². The van der Waals surface area contributed by atoms with Crippen LogP contribution in [0.2, 0.25) is 0 Å². The molecule has 2 aromatic rings. The maximum atomic E-state index is 11.7. The zero-order valence-corrected chi connectivity index (χ0v) is 20.5. The first-order valence-electron chi connectivity index (χ1n) is 9.30. The lowest BCUT2D eigenvalue weighted by molar-refractivity contribution is 0.336. The molecule has 0 spiro atoms. The van der Waals surface area contributed by atoms with Crippen molar-refractivity contribution < 1.29 is 13.2 Å². The van der Waals surface area contributed by atoms with E-state index in [0.717, 1.165) is 35.4 Å². The van der Waals surface area contributed by atoms with Gasteiger partial charge in [-0.1, -0.05) is 30.3 Å². The monoisotopic (exact) mass is 531 g/mol. The van der Waals surface area contributed by atoms with Gasteiger partial charge in [0.05, 0.1) is 11.5 Å². The highest BCUT2D eigenvalue weighted by molar-refractivity contribution is 14.0. The molecule has 0 aliphatic rings. The molecule has 0 amide bonds. The average Bonchev–Trinajstić information content (AvgIpc) is 2.65. The molecule has 6 nitrogen and oxygen atoms in total. The standard InChI is InChI=1S/C21H29N3O3S.HI/c1-5-27-19-9-7-6-8-18(19)12-13-23-21(22-3)24-15-17-10-11-20(16(2)14-17)28(4,25)26;/h6-11,14H,5,12-13,15H2,1-4H3,(H2,22,23,24);1H. The molecule has 0 saturated carbocycles. The summed E-state index contributed by atoms with van der Waals surface area (Å²) < 4.78 is 29.1. The quantitative estimate of drug-likeness (QED) is 0.311. The first kappa shape index (κ1) is 25.2. The summed E-state index contributed by atoms with van der Waals surface area (Å²) >= 11 is 0. The molecule has 0 aromatic heterocycles. The van der Waals surface area contributed by atoms with E-state index in [0.29, 0.717) is 24.0 Å². The van der Waals surface area contributed by atoms with E-state index in [9.17, 15) is 8.42 Å². The molecule has 0 aliphatic heterocycles. The topological polar surface area (TPSA) is 79.8 Å². The van der Waals surface area contributed by atoms with Crippen LogP contribution in [0.1, 0.15) is 23.6 Å². The van der Waals surface area contributed by atoms with Gasteiger partial charge in [0.2, 0.25) is 0 Å². The number of ether oxygens (including phenoxy) is 1. The second-order valence-electron chi connectivity index (χ2n) is 6.52. The molecule has 0 saturated heterocycles. The summed E-state index contributed by atoms with van der Waals surface area (Å²) in [5, 5.41) is 6.55. The number of rotatable bonds is 8. The number of para-hydroxylation sites is 1. The SMILES string of the molecule is CCOc1ccccc1CCNC(=NC)NCc1ccc(S(C)(=O)=O)c(C)c1.I. The number of nitrogens with zero attached hydrogens (tertiary/aromatic N) is 1. The van der Waals surface area contributed by atoms with E-state index >= 15 is 0 Å². The van der Waals surface area contributed by atoms with Crippen LogP contribution in [0.25, 0.3) is 0 Å². The zero-order valence-electron chi connectivity index (χ0n) is 17.4. The minimum absolute atomic E-state index is 0. The van der Waals surface area contributed by atoms with Crippen molar-refractivity contribution in [3.8, 4) is 5.75 Å². The molecule has 160 valence electrons. The number of hydrogen-bond donors (Lipinski definition) is 2. The van der Waals surface area contributed by atoms with Crippen LogP contribution in [0.15, 0.2) is 52.4 Å². The zero-order chi connectivity index (χ0) is 20.6. The summed E-state index contributed by atoms with van der Waals surface area (Å²) in [5.41, 5.74) is 2.89. The predicted molar refractivity (Wildman–Crippen MR) is 129 cm³/mol. The summed E-state index contributed by atoms with van der Waals surface area (Å²) in [4.78, 5) is 4.61. The molecule has 2 aromatic carbocycles. The minimum Gasteiger partial charge on any atom is -0.494 e. The Hall–Kier alpha value is -1.81. The summed E-state index contributed by atoms with van der Waals surface area (Å²) in [6.45, 7) is 5.70. The third-order valence-electron chi connectivity index (χ3n) is 4.28. The van der Waals surface area contributed by atoms with Crippen molar-refractivity contribution in [2.75, 3.05) is 26.5 Å². The van der Waals surface area contributed by atoms with Crippen molar-refractivity contribution in [3.05, 3.63) is 59.2 Å². The van der Waals surface area contributed by atoms with Crippen LogP contribution >= 0.6 is 24.0 Å². The van der Waals surface area contributed by atoms with E-state index in [-0.39, 0.29) is 24.0 Å². The fourth-order valence-electron chi connectivity index (χ4n) is 2.97. The van der Waals surface area contributed by atoms with Crippen molar-refractivity contribution >= 4 is 39.8 Å². The van der Waals surface area contributed by atoms with Crippen molar-refractivity contribution in [2.45, 2.75) is 31.7 Å². The lowest BCUT2D eigenvalue weighted by Gasteiger charge is -2.14. The van der Waals surface area contributed by atoms with Gasteiger partial charge in [-0.2, -0.15) is 0 Å². The molecule has 0 unspecified atom stereocenters. The molecule has 0 atom stereocenters. The molecule has 2 rings (SSSR count). The van der Waals surface area contributed by atoms with Crippen LogP contribution < -0.4 is 15.4 Å². The van der Waals surface area contributed by atoms with Gasteiger partial charge in [0.1, 0.15) is 5.75 Å². The number of aliphatic imine (C=N–C) groups is 1. The van der Waals surface area contributed by atoms with Gasteiger partial charge < -0.3 is 15.4 Å². The summed E-state index contributed by atoms with van der Waals surface area (Å²) in [5.74, 6) is 1.61. The van der Waals surface area contributed by atoms with Gasteiger partial charge in [0.25, 0.3) is 0 Å². The van der Waals surface area contributed by atoms with Crippen molar-refractivity contribution in [2.24, 2.45) is 4.99 Å². The number of nitrogens with one attached hydrogen (secondary N) is 2. The average molecular weight is 531 g/mol.